The molecule has 34 heavy (non-hydrogen) atoms. The van der Waals surface area contributed by atoms with Gasteiger partial charge in [-0.05, 0) is 45.4 Å². The molecule has 0 aliphatic heterocycles. The van der Waals surface area contributed by atoms with Crippen LogP contribution in [-0.2, 0) is 9.53 Å². The molecule has 0 saturated heterocycles. The van der Waals surface area contributed by atoms with E-state index in [0.717, 1.165) is 43.4 Å². The fourth-order valence-corrected chi connectivity index (χ4v) is 4.99. The lowest BCUT2D eigenvalue weighted by molar-refractivity contribution is -0.125. The molecule has 4 N–H and O–H groups in total. The molecule has 1 aliphatic carbocycles. The van der Waals surface area contributed by atoms with Crippen LogP contribution in [0.15, 0.2) is 5.38 Å². The number of aliphatic hydroxyl groups is 1. The zero-order valence-corrected chi connectivity index (χ0v) is 21.6. The summed E-state index contributed by atoms with van der Waals surface area (Å²) in [6.07, 6.45) is 4.38. The van der Waals surface area contributed by atoms with Crippen LogP contribution in [0.25, 0.3) is 0 Å². The summed E-state index contributed by atoms with van der Waals surface area (Å²) in [6.45, 7) is 9.14. The molecule has 0 aromatic carbocycles. The number of carboxylic acids is 1. The van der Waals surface area contributed by atoms with Gasteiger partial charge >= 0.3 is 12.1 Å². The minimum Gasteiger partial charge on any atom is -0.476 e. The maximum atomic E-state index is 13.4. The van der Waals surface area contributed by atoms with Crippen LogP contribution < -0.4 is 10.6 Å². The first kappa shape index (κ1) is 28.0. The van der Waals surface area contributed by atoms with E-state index in [1.807, 2.05) is 13.8 Å². The van der Waals surface area contributed by atoms with Crippen molar-refractivity contribution in [2.45, 2.75) is 103 Å². The fraction of sp³-hybridized carbons (Fsp3) is 0.750. The number of carboxylic acid groups (broad SMARTS) is 1. The number of ether oxygens (including phenoxy) is 1. The molecular formula is C24H39N3O6S. The molecule has 0 spiro atoms. The molecule has 2 rings (SSSR count). The number of carbonyl (C=O) groups excluding carboxylic acids is 2. The summed E-state index contributed by atoms with van der Waals surface area (Å²) in [7, 11) is 0. The highest BCUT2D eigenvalue weighted by atomic mass is 32.1. The van der Waals surface area contributed by atoms with Gasteiger partial charge in [0.05, 0.1) is 0 Å². The molecule has 1 heterocycles. The Morgan fingerprint density at radius 1 is 1.21 bits per heavy atom. The van der Waals surface area contributed by atoms with Crippen molar-refractivity contribution in [1.29, 1.82) is 0 Å². The molecule has 10 heteroatoms. The average molecular weight is 498 g/mol. The predicted molar refractivity (Wildman–Crippen MR) is 130 cm³/mol. The van der Waals surface area contributed by atoms with Crippen molar-refractivity contribution in [3.63, 3.8) is 0 Å². The van der Waals surface area contributed by atoms with Crippen molar-refractivity contribution in [2.75, 3.05) is 0 Å². The molecule has 1 aromatic rings. The highest BCUT2D eigenvalue weighted by Gasteiger charge is 2.33. The molecule has 1 saturated carbocycles. The number of aromatic carboxylic acids is 1. The van der Waals surface area contributed by atoms with Crippen molar-refractivity contribution in [3.05, 3.63) is 16.1 Å². The van der Waals surface area contributed by atoms with E-state index < -0.39 is 29.8 Å². The van der Waals surface area contributed by atoms with Gasteiger partial charge in [-0.3, -0.25) is 4.79 Å². The minimum atomic E-state index is -1.14. The molecule has 9 nitrogen and oxygen atoms in total. The van der Waals surface area contributed by atoms with Crippen molar-refractivity contribution in [1.82, 2.24) is 15.6 Å². The highest BCUT2D eigenvalue weighted by Crippen LogP contribution is 2.32. The normalized spacial score (nSPS) is 18.4. The summed E-state index contributed by atoms with van der Waals surface area (Å²) in [5.41, 5.74) is -0.784. The van der Waals surface area contributed by atoms with Gasteiger partial charge in [0.1, 0.15) is 22.8 Å². The van der Waals surface area contributed by atoms with Crippen LogP contribution in [0.2, 0.25) is 0 Å². The number of hydrogen-bond acceptors (Lipinski definition) is 7. The van der Waals surface area contributed by atoms with Gasteiger partial charge in [0.15, 0.2) is 5.69 Å². The Morgan fingerprint density at radius 2 is 1.85 bits per heavy atom. The largest absolute Gasteiger partial charge is 0.476 e. The van der Waals surface area contributed by atoms with Crippen LogP contribution in [0.3, 0.4) is 0 Å². The first-order valence-electron chi connectivity index (χ1n) is 12.1. The van der Waals surface area contributed by atoms with E-state index in [9.17, 15) is 19.5 Å². The standard InChI is InChI=1S/C24H39N3O6S/c1-6-14(2)19(27-23(32)33-24(3,4)5)20(29)25-16(15-10-8-7-9-11-15)12-18(28)21-26-17(13-34-21)22(30)31/h13-16,18-19,28H,6-12H2,1-5H3,(H,25,29)(H,27,32)(H,30,31). The van der Waals surface area contributed by atoms with Gasteiger partial charge in [-0.15, -0.1) is 11.3 Å². The summed E-state index contributed by atoms with van der Waals surface area (Å²) in [5.74, 6) is -1.39. The molecule has 0 bridgehead atoms. The number of nitrogens with one attached hydrogen (secondary N) is 2. The Balaban J connectivity index is 2.17. The third kappa shape index (κ3) is 8.54. The van der Waals surface area contributed by atoms with Crippen molar-refractivity contribution in [2.24, 2.45) is 11.8 Å². The zero-order chi connectivity index (χ0) is 25.5. The lowest BCUT2D eigenvalue weighted by atomic mass is 9.81. The van der Waals surface area contributed by atoms with Gasteiger partial charge in [0, 0.05) is 17.8 Å². The first-order valence-corrected chi connectivity index (χ1v) is 13.0. The van der Waals surface area contributed by atoms with Crippen LogP contribution in [0.5, 0.6) is 0 Å². The van der Waals surface area contributed by atoms with Crippen LogP contribution in [-0.4, -0.2) is 50.9 Å². The number of hydrogen-bond donors (Lipinski definition) is 4. The van der Waals surface area contributed by atoms with Gasteiger partial charge < -0.3 is 25.6 Å². The molecule has 192 valence electrons. The average Bonchev–Trinajstić information content (AvgIpc) is 3.26. The maximum absolute atomic E-state index is 13.4. The van der Waals surface area contributed by atoms with Gasteiger partial charge in [0.2, 0.25) is 5.91 Å². The number of rotatable bonds is 10. The molecule has 0 radical (unpaired) electrons. The monoisotopic (exact) mass is 497 g/mol. The van der Waals surface area contributed by atoms with E-state index in [1.165, 1.54) is 5.38 Å². The Morgan fingerprint density at radius 3 is 2.38 bits per heavy atom. The van der Waals surface area contributed by atoms with E-state index in [-0.39, 0.29) is 35.9 Å². The van der Waals surface area contributed by atoms with Gasteiger partial charge in [-0.2, -0.15) is 0 Å². The molecule has 4 atom stereocenters. The summed E-state index contributed by atoms with van der Waals surface area (Å²) >= 11 is 1.09. The smallest absolute Gasteiger partial charge is 0.408 e. The van der Waals surface area contributed by atoms with E-state index in [4.69, 9.17) is 9.84 Å². The summed E-state index contributed by atoms with van der Waals surface area (Å²) in [4.78, 5) is 40.9. The molecule has 1 fully saturated rings. The Labute approximate surface area is 205 Å². The summed E-state index contributed by atoms with van der Waals surface area (Å²) < 4.78 is 5.35. The zero-order valence-electron chi connectivity index (χ0n) is 20.8. The molecule has 2 amide bonds. The second-order valence-corrected chi connectivity index (χ2v) is 11.0. The SMILES string of the molecule is CCC(C)C(NC(=O)OC(C)(C)C)C(=O)NC(CC(O)c1nc(C(=O)O)cs1)C1CCCCC1. The Hall–Kier alpha value is -2.20. The van der Waals surface area contributed by atoms with Gasteiger partial charge in [-0.25, -0.2) is 14.6 Å². The minimum absolute atomic E-state index is 0.101. The lowest BCUT2D eigenvalue weighted by Gasteiger charge is -2.34. The highest BCUT2D eigenvalue weighted by molar-refractivity contribution is 7.09. The number of amides is 2. The number of thiazole rings is 1. The maximum Gasteiger partial charge on any atom is 0.408 e. The van der Waals surface area contributed by atoms with Crippen LogP contribution in [0.1, 0.15) is 101 Å². The van der Waals surface area contributed by atoms with Crippen molar-refractivity contribution >= 4 is 29.3 Å². The first-order chi connectivity index (χ1) is 15.9. The molecular weight excluding hydrogens is 458 g/mol. The summed E-state index contributed by atoms with van der Waals surface area (Å²) in [6, 6.07) is -1.10. The molecule has 1 aliphatic rings. The topological polar surface area (TPSA) is 138 Å². The third-order valence-electron chi connectivity index (χ3n) is 6.22. The molecule has 4 unspecified atom stereocenters. The molecule has 1 aromatic heterocycles. The van der Waals surface area contributed by atoms with E-state index in [1.54, 1.807) is 20.8 Å². The second kappa shape index (κ2) is 12.5. The lowest BCUT2D eigenvalue weighted by Crippen LogP contribution is -2.54. The van der Waals surface area contributed by atoms with E-state index in [2.05, 4.69) is 15.6 Å². The number of aromatic nitrogens is 1. The number of alkyl carbamates (subject to hydrolysis) is 1. The van der Waals surface area contributed by atoms with Crippen LogP contribution in [0.4, 0.5) is 4.79 Å². The predicted octanol–water partition coefficient (Wildman–Crippen LogP) is 4.27. The van der Waals surface area contributed by atoms with Crippen LogP contribution in [0, 0.1) is 11.8 Å². The second-order valence-electron chi connectivity index (χ2n) is 10.2. The van der Waals surface area contributed by atoms with Gasteiger partial charge in [0.25, 0.3) is 0 Å². The van der Waals surface area contributed by atoms with E-state index in [0.29, 0.717) is 11.4 Å². The van der Waals surface area contributed by atoms with Gasteiger partial charge in [-0.1, -0.05) is 39.5 Å². The van der Waals surface area contributed by atoms with Crippen molar-refractivity contribution in [3.8, 4) is 0 Å². The summed E-state index contributed by atoms with van der Waals surface area (Å²) in [5, 5.41) is 27.5. The Kier molecular flexibility index (Phi) is 10.3. The number of aliphatic hydroxyl groups excluding tert-OH is 1. The number of carbonyl (C=O) groups is 3. The van der Waals surface area contributed by atoms with E-state index >= 15 is 0 Å². The Bertz CT molecular complexity index is 831. The van der Waals surface area contributed by atoms with Crippen LogP contribution >= 0.6 is 11.3 Å². The fourth-order valence-electron chi connectivity index (χ4n) is 4.19. The third-order valence-corrected chi connectivity index (χ3v) is 7.16. The quantitative estimate of drug-likeness (QED) is 0.379. The van der Waals surface area contributed by atoms with Crippen molar-refractivity contribution < 1.29 is 29.3 Å². The number of nitrogens with zero attached hydrogens (tertiary/aromatic N) is 1.